The average Bonchev–Trinajstić information content (AvgIpc) is 2.58. The number of H-pyrrole nitrogens is 1. The number of halogens is 2. The fourth-order valence-corrected chi connectivity index (χ4v) is 2.26. The topological polar surface area (TPSA) is 41.8 Å². The Morgan fingerprint density at radius 1 is 1.40 bits per heavy atom. The van der Waals surface area contributed by atoms with Crippen LogP contribution in [0.1, 0.15) is 12.0 Å². The number of fused-ring (bicyclic) bond motifs is 1. The Morgan fingerprint density at radius 3 is 2.93 bits per heavy atom. The summed E-state index contributed by atoms with van der Waals surface area (Å²) in [5.41, 5.74) is 7.52. The minimum atomic E-state index is -0.219. The summed E-state index contributed by atoms with van der Waals surface area (Å²) in [5.74, 6) is -0.219. The summed E-state index contributed by atoms with van der Waals surface area (Å²) < 4.78 is 14.0. The lowest BCUT2D eigenvalue weighted by atomic mass is 10.1. The number of benzene rings is 1. The lowest BCUT2D eigenvalue weighted by molar-refractivity contribution is 0.629. The Morgan fingerprint density at radius 2 is 2.20 bits per heavy atom. The molecule has 0 aliphatic heterocycles. The quantitative estimate of drug-likeness (QED) is 0.885. The summed E-state index contributed by atoms with van der Waals surface area (Å²) in [7, 11) is 0. The SMILES string of the molecule is NCCCc1c[nH]c2c(Br)cc(F)cc12. The maximum Gasteiger partial charge on any atom is 0.125 e. The summed E-state index contributed by atoms with van der Waals surface area (Å²) >= 11 is 3.33. The van der Waals surface area contributed by atoms with E-state index in [-0.39, 0.29) is 5.82 Å². The van der Waals surface area contributed by atoms with Gasteiger partial charge in [-0.15, -0.1) is 0 Å². The lowest BCUT2D eigenvalue weighted by Crippen LogP contribution is -1.99. The van der Waals surface area contributed by atoms with Gasteiger partial charge < -0.3 is 10.7 Å². The molecule has 0 amide bonds. The highest BCUT2D eigenvalue weighted by atomic mass is 79.9. The molecule has 0 saturated carbocycles. The van der Waals surface area contributed by atoms with Gasteiger partial charge in [0.15, 0.2) is 0 Å². The van der Waals surface area contributed by atoms with Crippen molar-refractivity contribution >= 4 is 26.8 Å². The van der Waals surface area contributed by atoms with Gasteiger partial charge >= 0.3 is 0 Å². The first-order valence-electron chi connectivity index (χ1n) is 4.87. The van der Waals surface area contributed by atoms with E-state index in [0.717, 1.165) is 33.8 Å². The van der Waals surface area contributed by atoms with E-state index >= 15 is 0 Å². The summed E-state index contributed by atoms with van der Waals surface area (Å²) in [4.78, 5) is 3.14. The monoisotopic (exact) mass is 270 g/mol. The van der Waals surface area contributed by atoms with Crippen LogP contribution in [0.5, 0.6) is 0 Å². The van der Waals surface area contributed by atoms with Gasteiger partial charge in [0.2, 0.25) is 0 Å². The number of aromatic amines is 1. The Kier molecular flexibility index (Phi) is 3.07. The van der Waals surface area contributed by atoms with Gasteiger partial charge in [0, 0.05) is 16.1 Å². The van der Waals surface area contributed by atoms with Crippen LogP contribution in [0, 0.1) is 5.82 Å². The molecule has 2 rings (SSSR count). The number of nitrogens with two attached hydrogens (primary N) is 1. The second-order valence-corrected chi connectivity index (χ2v) is 4.37. The minimum absolute atomic E-state index is 0.219. The first-order valence-corrected chi connectivity index (χ1v) is 5.66. The molecular weight excluding hydrogens is 259 g/mol. The number of hydrogen-bond acceptors (Lipinski definition) is 1. The summed E-state index contributed by atoms with van der Waals surface area (Å²) in [6.07, 6.45) is 3.72. The van der Waals surface area contributed by atoms with Crippen molar-refractivity contribution in [3.8, 4) is 0 Å². The van der Waals surface area contributed by atoms with Gasteiger partial charge in [0.05, 0.1) is 5.52 Å². The molecule has 0 radical (unpaired) electrons. The van der Waals surface area contributed by atoms with Crippen molar-refractivity contribution in [1.29, 1.82) is 0 Å². The third-order valence-corrected chi connectivity index (χ3v) is 3.07. The van der Waals surface area contributed by atoms with E-state index in [1.54, 1.807) is 6.07 Å². The zero-order valence-corrected chi connectivity index (χ0v) is 9.77. The number of aryl methyl sites for hydroxylation is 1. The molecule has 4 heteroatoms. The third kappa shape index (κ3) is 2.06. The molecule has 80 valence electrons. The molecule has 0 fully saturated rings. The highest BCUT2D eigenvalue weighted by molar-refractivity contribution is 9.10. The number of hydrogen-bond donors (Lipinski definition) is 2. The van der Waals surface area contributed by atoms with Gasteiger partial charge in [-0.3, -0.25) is 0 Å². The van der Waals surface area contributed by atoms with Crippen LogP contribution < -0.4 is 5.73 Å². The van der Waals surface area contributed by atoms with E-state index < -0.39 is 0 Å². The second kappa shape index (κ2) is 4.33. The van der Waals surface area contributed by atoms with Crippen molar-refractivity contribution in [2.45, 2.75) is 12.8 Å². The fraction of sp³-hybridized carbons (Fsp3) is 0.273. The fourth-order valence-electron chi connectivity index (χ4n) is 1.71. The van der Waals surface area contributed by atoms with Gasteiger partial charge in [0.25, 0.3) is 0 Å². The van der Waals surface area contributed by atoms with Crippen LogP contribution >= 0.6 is 15.9 Å². The van der Waals surface area contributed by atoms with Gasteiger partial charge in [-0.25, -0.2) is 4.39 Å². The molecule has 0 saturated heterocycles. The van der Waals surface area contributed by atoms with Crippen LogP contribution in [0.4, 0.5) is 4.39 Å². The molecule has 0 bridgehead atoms. The largest absolute Gasteiger partial charge is 0.360 e. The standard InChI is InChI=1S/C11H12BrFN2/c12-10-5-8(13)4-9-7(2-1-3-14)6-15-11(9)10/h4-6,15H,1-3,14H2. The molecule has 0 aliphatic rings. The minimum Gasteiger partial charge on any atom is -0.360 e. The van der Waals surface area contributed by atoms with E-state index in [0.29, 0.717) is 6.54 Å². The third-order valence-electron chi connectivity index (χ3n) is 2.44. The maximum atomic E-state index is 13.2. The van der Waals surface area contributed by atoms with Gasteiger partial charge in [0.1, 0.15) is 5.82 Å². The van der Waals surface area contributed by atoms with Crippen LogP contribution in [0.25, 0.3) is 10.9 Å². The Balaban J connectivity index is 2.49. The molecule has 1 aromatic heterocycles. The Bertz CT molecular complexity index is 479. The normalized spacial score (nSPS) is 11.1. The first-order chi connectivity index (χ1) is 7.22. The van der Waals surface area contributed by atoms with E-state index in [2.05, 4.69) is 20.9 Å². The molecule has 0 atom stereocenters. The molecule has 0 unspecified atom stereocenters. The highest BCUT2D eigenvalue weighted by Crippen LogP contribution is 2.27. The molecule has 0 aliphatic carbocycles. The Hall–Kier alpha value is -0.870. The summed E-state index contributed by atoms with van der Waals surface area (Å²) in [6.45, 7) is 0.656. The van der Waals surface area contributed by atoms with Gasteiger partial charge in [-0.1, -0.05) is 0 Å². The van der Waals surface area contributed by atoms with E-state index in [9.17, 15) is 4.39 Å². The van der Waals surface area contributed by atoms with Crippen molar-refractivity contribution in [2.24, 2.45) is 5.73 Å². The molecular formula is C11H12BrFN2. The zero-order valence-electron chi connectivity index (χ0n) is 8.19. The van der Waals surface area contributed by atoms with Crippen LogP contribution in [0.3, 0.4) is 0 Å². The summed E-state index contributed by atoms with van der Waals surface area (Å²) in [5, 5.41) is 0.940. The predicted octanol–water partition coefficient (Wildman–Crippen LogP) is 2.96. The predicted molar refractivity (Wildman–Crippen MR) is 63.3 cm³/mol. The molecule has 1 aromatic carbocycles. The molecule has 2 nitrogen and oxygen atoms in total. The van der Waals surface area contributed by atoms with Crippen molar-refractivity contribution in [2.75, 3.05) is 6.54 Å². The molecule has 2 aromatic rings. The Labute approximate surface area is 95.8 Å². The number of nitrogens with one attached hydrogen (secondary N) is 1. The van der Waals surface area contributed by atoms with Crippen LogP contribution in [0.2, 0.25) is 0 Å². The molecule has 15 heavy (non-hydrogen) atoms. The summed E-state index contributed by atoms with van der Waals surface area (Å²) in [6, 6.07) is 3.02. The van der Waals surface area contributed by atoms with Crippen molar-refractivity contribution in [3.63, 3.8) is 0 Å². The van der Waals surface area contributed by atoms with Crippen molar-refractivity contribution < 1.29 is 4.39 Å². The van der Waals surface area contributed by atoms with Crippen LogP contribution in [0.15, 0.2) is 22.8 Å². The maximum absolute atomic E-state index is 13.2. The highest BCUT2D eigenvalue weighted by Gasteiger charge is 2.07. The van der Waals surface area contributed by atoms with Gasteiger partial charge in [-0.2, -0.15) is 0 Å². The van der Waals surface area contributed by atoms with Crippen molar-refractivity contribution in [3.05, 3.63) is 34.2 Å². The zero-order chi connectivity index (χ0) is 10.8. The molecule has 0 spiro atoms. The smallest absolute Gasteiger partial charge is 0.125 e. The van der Waals surface area contributed by atoms with Crippen molar-refractivity contribution in [1.82, 2.24) is 4.98 Å². The van der Waals surface area contributed by atoms with E-state index in [1.807, 2.05) is 6.20 Å². The van der Waals surface area contributed by atoms with Gasteiger partial charge in [-0.05, 0) is 53.0 Å². The second-order valence-electron chi connectivity index (χ2n) is 3.52. The van der Waals surface area contributed by atoms with Crippen LogP contribution in [-0.4, -0.2) is 11.5 Å². The van der Waals surface area contributed by atoms with E-state index in [4.69, 9.17) is 5.73 Å². The van der Waals surface area contributed by atoms with Crippen LogP contribution in [-0.2, 0) is 6.42 Å². The molecule has 1 heterocycles. The molecule has 3 N–H and O–H groups in total. The van der Waals surface area contributed by atoms with E-state index in [1.165, 1.54) is 6.07 Å². The average molecular weight is 271 g/mol. The number of rotatable bonds is 3. The first kappa shape index (κ1) is 10.6. The lowest BCUT2D eigenvalue weighted by Gasteiger charge is -1.99. The number of aromatic nitrogens is 1.